The van der Waals surface area contributed by atoms with Crippen molar-refractivity contribution in [1.29, 1.82) is 0 Å². The number of hydrogen-bond acceptors (Lipinski definition) is 4. The molecule has 26 heavy (non-hydrogen) atoms. The first-order valence-corrected chi connectivity index (χ1v) is 10.3. The van der Waals surface area contributed by atoms with E-state index in [1.165, 1.54) is 21.3 Å². The monoisotopic (exact) mass is 401 g/mol. The maximum Gasteiger partial charge on any atom is 0.324 e. The minimum atomic E-state index is -3.57. The number of halogens is 1. The number of carbonyl (C=O) groups excluding carboxylic acids is 2. The molecule has 3 amide bonds. The van der Waals surface area contributed by atoms with Crippen LogP contribution in [-0.2, 0) is 14.8 Å². The maximum atomic E-state index is 12.7. The third-order valence-electron chi connectivity index (χ3n) is 4.92. The minimum absolute atomic E-state index is 0.211. The molecule has 10 heteroatoms. The van der Waals surface area contributed by atoms with Crippen LogP contribution in [0.2, 0.25) is 5.02 Å². The zero-order chi connectivity index (χ0) is 18.9. The largest absolute Gasteiger partial charge is 0.336 e. The van der Waals surface area contributed by atoms with Crippen molar-refractivity contribution in [2.24, 2.45) is 0 Å². The van der Waals surface area contributed by atoms with Gasteiger partial charge in [-0.3, -0.25) is 9.69 Å². The molecule has 0 aromatic heterocycles. The lowest BCUT2D eigenvalue weighted by atomic mass is 10.2. The van der Waals surface area contributed by atoms with Gasteiger partial charge in [0, 0.05) is 18.1 Å². The lowest BCUT2D eigenvalue weighted by Gasteiger charge is -2.34. The number of imide groups is 1. The van der Waals surface area contributed by atoms with Crippen LogP contribution in [-0.4, -0.2) is 74.9 Å². The molecule has 0 saturated carbocycles. The molecule has 3 rings (SSSR count). The number of amides is 3. The van der Waals surface area contributed by atoms with E-state index in [2.05, 4.69) is 5.32 Å². The Bertz CT molecular complexity index is 791. The average Bonchev–Trinajstić information content (AvgIpc) is 3.07. The fraction of sp³-hybridized carbons (Fsp3) is 0.500. The van der Waals surface area contributed by atoms with E-state index >= 15 is 0 Å². The molecule has 2 aliphatic rings. The van der Waals surface area contributed by atoms with Crippen molar-refractivity contribution in [1.82, 2.24) is 14.5 Å². The van der Waals surface area contributed by atoms with Gasteiger partial charge in [-0.15, -0.1) is 0 Å². The fourth-order valence-electron chi connectivity index (χ4n) is 3.29. The number of sulfonamides is 1. The van der Waals surface area contributed by atoms with Gasteiger partial charge in [0.25, 0.3) is 5.91 Å². The van der Waals surface area contributed by atoms with Crippen LogP contribution in [0.3, 0.4) is 0 Å². The third kappa shape index (κ3) is 3.71. The first kappa shape index (κ1) is 19.1. The van der Waals surface area contributed by atoms with Gasteiger partial charge in [-0.05, 0) is 31.2 Å². The van der Waals surface area contributed by atoms with Crippen LogP contribution in [0.5, 0.6) is 0 Å². The molecule has 2 heterocycles. The van der Waals surface area contributed by atoms with E-state index in [-0.39, 0.29) is 22.9 Å². The van der Waals surface area contributed by atoms with Crippen molar-refractivity contribution in [2.75, 3.05) is 39.3 Å². The highest BCUT2D eigenvalue weighted by atomic mass is 35.5. The Morgan fingerprint density at radius 3 is 2.35 bits per heavy atom. The summed E-state index contributed by atoms with van der Waals surface area (Å²) in [6.07, 6.45) is 0. The number of benzene rings is 1. The third-order valence-corrected chi connectivity index (χ3v) is 7.09. The minimum Gasteiger partial charge on any atom is -0.336 e. The summed E-state index contributed by atoms with van der Waals surface area (Å²) in [5.41, 5.74) is 0. The Morgan fingerprint density at radius 2 is 1.81 bits per heavy atom. The van der Waals surface area contributed by atoms with Gasteiger partial charge in [-0.2, -0.15) is 4.31 Å². The average molecular weight is 402 g/mol. The number of urea groups is 1. The molecule has 0 unspecified atom stereocenters. The van der Waals surface area contributed by atoms with E-state index in [1.807, 2.05) is 0 Å². The predicted octanol–water partition coefficient (Wildman–Crippen LogP) is -0.830. The van der Waals surface area contributed by atoms with E-state index in [0.29, 0.717) is 44.3 Å². The summed E-state index contributed by atoms with van der Waals surface area (Å²) in [5.74, 6) is -0.219. The van der Waals surface area contributed by atoms with Gasteiger partial charge in [-0.25, -0.2) is 13.2 Å². The zero-order valence-corrected chi connectivity index (χ0v) is 16.0. The van der Waals surface area contributed by atoms with Crippen LogP contribution in [0.15, 0.2) is 29.2 Å². The SMILES string of the molecule is C[C@H](C(=O)N1CCNC1=O)[NH+]1CCN(S(=O)(=O)c2ccc(Cl)cc2)CC1. The molecular formula is C16H22ClN4O4S+. The molecule has 1 atom stereocenters. The lowest BCUT2D eigenvalue weighted by Crippen LogP contribution is -3.19. The van der Waals surface area contributed by atoms with Crippen LogP contribution < -0.4 is 10.2 Å². The summed E-state index contributed by atoms with van der Waals surface area (Å²) in [4.78, 5) is 26.6. The molecule has 0 radical (unpaired) electrons. The molecule has 1 aromatic rings. The van der Waals surface area contributed by atoms with E-state index in [4.69, 9.17) is 11.6 Å². The van der Waals surface area contributed by atoms with Gasteiger partial charge in [0.05, 0.1) is 31.1 Å². The molecule has 0 bridgehead atoms. The quantitative estimate of drug-likeness (QED) is 0.689. The Labute approximate surface area is 157 Å². The molecule has 2 aliphatic heterocycles. The van der Waals surface area contributed by atoms with Crippen LogP contribution in [0, 0.1) is 0 Å². The molecular weight excluding hydrogens is 380 g/mol. The highest BCUT2D eigenvalue weighted by Gasteiger charge is 2.38. The van der Waals surface area contributed by atoms with Crippen LogP contribution in [0.1, 0.15) is 6.92 Å². The van der Waals surface area contributed by atoms with Gasteiger partial charge < -0.3 is 10.2 Å². The van der Waals surface area contributed by atoms with Gasteiger partial charge >= 0.3 is 6.03 Å². The normalized spacial score (nSPS) is 20.8. The van der Waals surface area contributed by atoms with Crippen molar-refractivity contribution >= 4 is 33.6 Å². The van der Waals surface area contributed by atoms with Crippen LogP contribution in [0.4, 0.5) is 4.79 Å². The first-order valence-electron chi connectivity index (χ1n) is 8.50. The summed E-state index contributed by atoms with van der Waals surface area (Å²) >= 11 is 5.82. The molecule has 2 saturated heterocycles. The summed E-state index contributed by atoms with van der Waals surface area (Å²) in [5, 5.41) is 3.10. The van der Waals surface area contributed by atoms with Crippen LogP contribution in [0.25, 0.3) is 0 Å². The van der Waals surface area contributed by atoms with Crippen molar-refractivity contribution < 1.29 is 22.9 Å². The van der Waals surface area contributed by atoms with E-state index in [0.717, 1.165) is 4.90 Å². The van der Waals surface area contributed by atoms with Gasteiger partial charge in [0.15, 0.2) is 6.04 Å². The zero-order valence-electron chi connectivity index (χ0n) is 14.4. The van der Waals surface area contributed by atoms with Crippen molar-refractivity contribution in [3.8, 4) is 0 Å². The smallest absolute Gasteiger partial charge is 0.324 e. The Morgan fingerprint density at radius 1 is 1.19 bits per heavy atom. The second-order valence-corrected chi connectivity index (χ2v) is 8.83. The van der Waals surface area contributed by atoms with Crippen molar-refractivity contribution in [2.45, 2.75) is 17.9 Å². The Balaban J connectivity index is 1.62. The molecule has 1 aromatic carbocycles. The van der Waals surface area contributed by atoms with E-state index in [1.54, 1.807) is 19.1 Å². The summed E-state index contributed by atoms with van der Waals surface area (Å²) in [6.45, 7) is 4.30. The lowest BCUT2D eigenvalue weighted by molar-refractivity contribution is -0.917. The van der Waals surface area contributed by atoms with Gasteiger partial charge in [0.2, 0.25) is 10.0 Å². The fourth-order valence-corrected chi connectivity index (χ4v) is 4.86. The van der Waals surface area contributed by atoms with Crippen molar-refractivity contribution in [3.05, 3.63) is 29.3 Å². The molecule has 8 nitrogen and oxygen atoms in total. The summed E-state index contributed by atoms with van der Waals surface area (Å²) < 4.78 is 26.8. The highest BCUT2D eigenvalue weighted by molar-refractivity contribution is 7.89. The number of piperazine rings is 1. The predicted molar refractivity (Wildman–Crippen MR) is 95.5 cm³/mol. The number of rotatable bonds is 4. The number of carbonyl (C=O) groups is 2. The topological polar surface area (TPSA) is 91.2 Å². The molecule has 2 N–H and O–H groups in total. The highest BCUT2D eigenvalue weighted by Crippen LogP contribution is 2.18. The number of hydrogen-bond donors (Lipinski definition) is 2. The van der Waals surface area contributed by atoms with Gasteiger partial charge in [-0.1, -0.05) is 11.6 Å². The number of nitrogens with one attached hydrogen (secondary N) is 2. The Kier molecular flexibility index (Phi) is 5.52. The van der Waals surface area contributed by atoms with Crippen molar-refractivity contribution in [3.63, 3.8) is 0 Å². The van der Waals surface area contributed by atoms with Crippen LogP contribution >= 0.6 is 11.6 Å². The number of quaternary nitrogens is 1. The second kappa shape index (κ2) is 7.51. The Hall–Kier alpha value is -1.68. The van der Waals surface area contributed by atoms with E-state index in [9.17, 15) is 18.0 Å². The molecule has 142 valence electrons. The van der Waals surface area contributed by atoms with Gasteiger partial charge in [0.1, 0.15) is 0 Å². The molecule has 0 spiro atoms. The summed E-state index contributed by atoms with van der Waals surface area (Å²) in [6, 6.07) is 5.35. The van der Waals surface area contributed by atoms with E-state index < -0.39 is 10.0 Å². The second-order valence-electron chi connectivity index (χ2n) is 6.46. The number of nitrogens with zero attached hydrogens (tertiary/aromatic N) is 2. The standard InChI is InChI=1S/C16H21ClN4O4S/c1-12(15(22)21-7-6-18-16(21)23)19-8-10-20(11-9-19)26(24,25)14-4-2-13(17)3-5-14/h2-5,12H,6-11H2,1H3,(H,18,23)/p+1/t12-/m1/s1. The molecule has 2 fully saturated rings. The summed E-state index contributed by atoms with van der Waals surface area (Å²) in [7, 11) is -3.57. The first-order chi connectivity index (χ1) is 12.3. The maximum absolute atomic E-state index is 12.7. The molecule has 0 aliphatic carbocycles.